The Morgan fingerprint density at radius 3 is 2.28 bits per heavy atom. The maximum Gasteiger partial charge on any atom is 0.373 e. The second kappa shape index (κ2) is 6.66. The summed E-state index contributed by atoms with van der Waals surface area (Å²) in [5.41, 5.74) is 5.47. The highest BCUT2D eigenvalue weighted by molar-refractivity contribution is 5.73. The number of esters is 1. The van der Waals surface area contributed by atoms with Crippen LogP contribution in [-0.2, 0) is 19.1 Å². The maximum atomic E-state index is 11.8. The summed E-state index contributed by atoms with van der Waals surface area (Å²) in [6, 6.07) is 0. The summed E-state index contributed by atoms with van der Waals surface area (Å²) >= 11 is 0. The SMILES string of the molecule is CC1(CN)CC[C@H](C(=O)OC(C)(C)C)C1.O=C=O. The van der Waals surface area contributed by atoms with E-state index in [2.05, 4.69) is 6.92 Å². The Morgan fingerprint density at radius 1 is 1.44 bits per heavy atom. The van der Waals surface area contributed by atoms with Gasteiger partial charge in [0.05, 0.1) is 5.92 Å². The van der Waals surface area contributed by atoms with Crippen molar-refractivity contribution in [1.29, 1.82) is 0 Å². The molecule has 0 aromatic rings. The predicted octanol–water partition coefficient (Wildman–Crippen LogP) is 1.51. The van der Waals surface area contributed by atoms with E-state index in [0.29, 0.717) is 6.54 Å². The van der Waals surface area contributed by atoms with Gasteiger partial charge in [0.25, 0.3) is 0 Å². The van der Waals surface area contributed by atoms with Gasteiger partial charge in [0, 0.05) is 0 Å². The van der Waals surface area contributed by atoms with Gasteiger partial charge in [-0.3, -0.25) is 4.79 Å². The van der Waals surface area contributed by atoms with E-state index in [1.807, 2.05) is 20.8 Å². The largest absolute Gasteiger partial charge is 0.460 e. The minimum absolute atomic E-state index is 0.0535. The molecule has 0 aromatic heterocycles. The molecule has 0 heterocycles. The molecule has 5 nitrogen and oxygen atoms in total. The lowest BCUT2D eigenvalue weighted by Gasteiger charge is -2.24. The molecule has 104 valence electrons. The first kappa shape index (κ1) is 16.8. The van der Waals surface area contributed by atoms with Crippen molar-refractivity contribution >= 4 is 12.1 Å². The summed E-state index contributed by atoms with van der Waals surface area (Å²) in [4.78, 5) is 28.1. The third-order valence-corrected chi connectivity index (χ3v) is 3.07. The van der Waals surface area contributed by atoms with Crippen molar-refractivity contribution < 1.29 is 19.1 Å². The molecule has 1 aliphatic carbocycles. The first-order valence-electron chi connectivity index (χ1n) is 6.09. The Morgan fingerprint density at radius 2 is 1.94 bits per heavy atom. The third kappa shape index (κ3) is 5.94. The molecule has 2 N–H and O–H groups in total. The summed E-state index contributed by atoms with van der Waals surface area (Å²) in [5, 5.41) is 0. The monoisotopic (exact) mass is 257 g/mol. The summed E-state index contributed by atoms with van der Waals surface area (Å²) < 4.78 is 5.38. The lowest BCUT2D eigenvalue weighted by molar-refractivity contribution is -0.191. The van der Waals surface area contributed by atoms with Crippen LogP contribution in [0.25, 0.3) is 0 Å². The van der Waals surface area contributed by atoms with Crippen LogP contribution in [0.1, 0.15) is 47.0 Å². The van der Waals surface area contributed by atoms with E-state index in [1.165, 1.54) is 0 Å². The zero-order valence-corrected chi connectivity index (χ0v) is 11.6. The molecule has 1 unspecified atom stereocenters. The lowest BCUT2D eigenvalue weighted by atomic mass is 9.88. The molecule has 0 bridgehead atoms. The van der Waals surface area contributed by atoms with E-state index >= 15 is 0 Å². The van der Waals surface area contributed by atoms with E-state index in [1.54, 1.807) is 0 Å². The third-order valence-electron chi connectivity index (χ3n) is 3.07. The smallest absolute Gasteiger partial charge is 0.373 e. The van der Waals surface area contributed by atoms with Crippen LogP contribution in [0.4, 0.5) is 0 Å². The average Bonchev–Trinajstić information content (AvgIpc) is 2.61. The van der Waals surface area contributed by atoms with Crippen molar-refractivity contribution in [3.8, 4) is 0 Å². The summed E-state index contributed by atoms with van der Waals surface area (Å²) in [5.74, 6) is -0.00236. The van der Waals surface area contributed by atoms with Gasteiger partial charge in [0.15, 0.2) is 0 Å². The standard InChI is InChI=1S/C12H23NO2.CO2/c1-11(2,3)15-10(14)9-5-6-12(4,7-9)8-13;2-1-3/h9H,5-8,13H2,1-4H3;/t9-,12?;/m0./s1. The maximum absolute atomic E-state index is 11.8. The molecule has 5 heteroatoms. The molecule has 18 heavy (non-hydrogen) atoms. The lowest BCUT2D eigenvalue weighted by Crippen LogP contribution is -2.29. The molecule has 0 radical (unpaired) electrons. The van der Waals surface area contributed by atoms with Crippen molar-refractivity contribution in [2.45, 2.75) is 52.6 Å². The number of carbonyl (C=O) groups excluding carboxylic acids is 3. The molecule has 0 saturated heterocycles. The Labute approximate surface area is 108 Å². The van der Waals surface area contributed by atoms with Gasteiger partial charge in [0.2, 0.25) is 0 Å². The minimum Gasteiger partial charge on any atom is -0.460 e. The first-order chi connectivity index (χ1) is 8.17. The quantitative estimate of drug-likeness (QED) is 0.758. The molecule has 0 aliphatic heterocycles. The number of carbonyl (C=O) groups is 1. The van der Waals surface area contributed by atoms with Crippen LogP contribution >= 0.6 is 0 Å². The highest BCUT2D eigenvalue weighted by atomic mass is 16.6. The van der Waals surface area contributed by atoms with Gasteiger partial charge in [-0.2, -0.15) is 9.59 Å². The van der Waals surface area contributed by atoms with E-state index in [4.69, 9.17) is 20.1 Å². The fourth-order valence-electron chi connectivity index (χ4n) is 2.09. The van der Waals surface area contributed by atoms with Gasteiger partial charge < -0.3 is 10.5 Å². The number of nitrogens with two attached hydrogens (primary N) is 1. The highest BCUT2D eigenvalue weighted by Gasteiger charge is 2.39. The van der Waals surface area contributed by atoms with Crippen molar-refractivity contribution in [2.24, 2.45) is 17.1 Å². The van der Waals surface area contributed by atoms with Crippen LogP contribution in [0.3, 0.4) is 0 Å². The van der Waals surface area contributed by atoms with Crippen LogP contribution in [0.5, 0.6) is 0 Å². The van der Waals surface area contributed by atoms with Crippen molar-refractivity contribution in [3.05, 3.63) is 0 Å². The number of rotatable bonds is 2. The van der Waals surface area contributed by atoms with E-state index in [0.717, 1.165) is 19.3 Å². The molecule has 0 spiro atoms. The fourth-order valence-corrected chi connectivity index (χ4v) is 2.09. The molecule has 1 fully saturated rings. The van der Waals surface area contributed by atoms with Gasteiger partial charge in [-0.25, -0.2) is 0 Å². The Balaban J connectivity index is 0.000000873. The van der Waals surface area contributed by atoms with Gasteiger partial charge in [-0.05, 0) is 52.0 Å². The summed E-state index contributed by atoms with van der Waals surface area (Å²) in [7, 11) is 0. The summed E-state index contributed by atoms with van der Waals surface area (Å²) in [6.07, 6.45) is 3.08. The van der Waals surface area contributed by atoms with E-state index < -0.39 is 0 Å². The molecule has 1 aliphatic rings. The van der Waals surface area contributed by atoms with Crippen LogP contribution in [0, 0.1) is 11.3 Å². The molecule has 0 amide bonds. The van der Waals surface area contributed by atoms with Gasteiger partial charge >= 0.3 is 12.1 Å². The zero-order valence-electron chi connectivity index (χ0n) is 11.6. The van der Waals surface area contributed by atoms with Crippen molar-refractivity contribution in [1.82, 2.24) is 0 Å². The second-order valence-electron chi connectivity index (χ2n) is 6.07. The predicted molar refractivity (Wildman–Crippen MR) is 65.4 cm³/mol. The van der Waals surface area contributed by atoms with Crippen molar-refractivity contribution in [2.75, 3.05) is 6.54 Å². The zero-order chi connectivity index (χ0) is 14.4. The molecule has 0 aromatic carbocycles. The van der Waals surface area contributed by atoms with Crippen LogP contribution in [0.2, 0.25) is 0 Å². The Hall–Kier alpha value is -1.19. The van der Waals surface area contributed by atoms with Crippen LogP contribution in [0.15, 0.2) is 0 Å². The topological polar surface area (TPSA) is 86.5 Å². The number of ether oxygens (including phenoxy) is 1. The summed E-state index contributed by atoms with van der Waals surface area (Å²) in [6.45, 7) is 8.52. The van der Waals surface area contributed by atoms with Gasteiger partial charge in [-0.1, -0.05) is 6.92 Å². The second-order valence-corrected chi connectivity index (χ2v) is 6.07. The molecule has 1 rings (SSSR count). The molecular formula is C13H23NO4. The number of hydrogen-bond acceptors (Lipinski definition) is 5. The molecular weight excluding hydrogens is 234 g/mol. The molecule has 1 saturated carbocycles. The van der Waals surface area contributed by atoms with E-state index in [9.17, 15) is 4.79 Å². The normalized spacial score (nSPS) is 26.8. The van der Waals surface area contributed by atoms with Crippen LogP contribution < -0.4 is 5.73 Å². The van der Waals surface area contributed by atoms with Gasteiger partial charge in [-0.15, -0.1) is 0 Å². The first-order valence-corrected chi connectivity index (χ1v) is 6.09. The average molecular weight is 257 g/mol. The van der Waals surface area contributed by atoms with Gasteiger partial charge in [0.1, 0.15) is 5.60 Å². The van der Waals surface area contributed by atoms with Crippen LogP contribution in [-0.4, -0.2) is 24.3 Å². The minimum atomic E-state index is -0.376. The fraction of sp³-hybridized carbons (Fsp3) is 0.846. The number of hydrogen-bond donors (Lipinski definition) is 1. The Kier molecular flexibility index (Phi) is 6.22. The Bertz CT molecular complexity index is 315. The highest BCUT2D eigenvalue weighted by Crippen LogP contribution is 2.41. The molecule has 2 atom stereocenters. The van der Waals surface area contributed by atoms with E-state index in [-0.39, 0.29) is 29.1 Å². The van der Waals surface area contributed by atoms with Crippen molar-refractivity contribution in [3.63, 3.8) is 0 Å².